The number of benzene rings is 1. The van der Waals surface area contributed by atoms with Crippen molar-refractivity contribution in [3.63, 3.8) is 0 Å². The molecule has 0 fully saturated rings. The Balaban J connectivity index is 1.42. The average Bonchev–Trinajstić information content (AvgIpc) is 3.35. The van der Waals surface area contributed by atoms with Crippen LogP contribution >= 0.6 is 23.1 Å². The van der Waals surface area contributed by atoms with Gasteiger partial charge < -0.3 is 14.3 Å². The van der Waals surface area contributed by atoms with Gasteiger partial charge in [-0.1, -0.05) is 30.0 Å². The topological polar surface area (TPSA) is 68.8 Å². The Morgan fingerprint density at radius 3 is 2.81 bits per heavy atom. The maximum Gasteiger partial charge on any atom is 0.191 e. The molecule has 3 aromatic heterocycles. The summed E-state index contributed by atoms with van der Waals surface area (Å²) in [5.41, 5.74) is 3.02. The molecular formula is C18H17N5OS2. The Kier molecular flexibility index (Phi) is 4.77. The molecule has 0 spiro atoms. The van der Waals surface area contributed by atoms with E-state index >= 15 is 0 Å². The summed E-state index contributed by atoms with van der Waals surface area (Å²) in [7, 11) is 1.97. The first-order valence-corrected chi connectivity index (χ1v) is 9.90. The number of rotatable bonds is 6. The van der Waals surface area contributed by atoms with Crippen molar-refractivity contribution in [2.75, 3.05) is 5.32 Å². The van der Waals surface area contributed by atoms with Crippen LogP contribution in [0.15, 0.2) is 57.6 Å². The number of para-hydroxylation sites is 1. The molecule has 0 saturated carbocycles. The van der Waals surface area contributed by atoms with Crippen LogP contribution in [0, 0.1) is 6.92 Å². The second-order valence-electron chi connectivity index (χ2n) is 5.68. The lowest BCUT2D eigenvalue weighted by atomic mass is 10.2. The molecule has 6 nitrogen and oxygen atoms in total. The first kappa shape index (κ1) is 16.9. The van der Waals surface area contributed by atoms with E-state index in [1.807, 2.05) is 54.9 Å². The third-order valence-electron chi connectivity index (χ3n) is 3.86. The molecule has 26 heavy (non-hydrogen) atoms. The third-order valence-corrected chi connectivity index (χ3v) is 5.72. The van der Waals surface area contributed by atoms with Crippen molar-refractivity contribution in [2.45, 2.75) is 17.8 Å². The van der Waals surface area contributed by atoms with E-state index in [4.69, 9.17) is 4.42 Å². The van der Waals surface area contributed by atoms with Crippen LogP contribution in [-0.4, -0.2) is 19.7 Å². The van der Waals surface area contributed by atoms with Crippen LogP contribution in [-0.2, 0) is 12.8 Å². The Hall–Kier alpha value is -2.58. The van der Waals surface area contributed by atoms with E-state index in [1.54, 1.807) is 29.4 Å². The van der Waals surface area contributed by atoms with Crippen LogP contribution < -0.4 is 5.32 Å². The number of thioether (sulfide) groups is 1. The smallest absolute Gasteiger partial charge is 0.191 e. The van der Waals surface area contributed by atoms with Gasteiger partial charge in [0.25, 0.3) is 0 Å². The van der Waals surface area contributed by atoms with Gasteiger partial charge in [-0.25, -0.2) is 4.98 Å². The molecule has 4 aromatic rings. The first-order chi connectivity index (χ1) is 12.7. The summed E-state index contributed by atoms with van der Waals surface area (Å²) in [6.07, 6.45) is 1.67. The number of thiazole rings is 1. The first-order valence-electron chi connectivity index (χ1n) is 8.04. The van der Waals surface area contributed by atoms with Crippen molar-refractivity contribution >= 4 is 33.9 Å². The van der Waals surface area contributed by atoms with Crippen LogP contribution in [0.1, 0.15) is 11.5 Å². The summed E-state index contributed by atoms with van der Waals surface area (Å²) >= 11 is 3.22. The minimum Gasteiger partial charge on any atom is -0.469 e. The Labute approximate surface area is 159 Å². The van der Waals surface area contributed by atoms with E-state index in [1.165, 1.54) is 0 Å². The molecule has 0 bridgehead atoms. The van der Waals surface area contributed by atoms with E-state index < -0.39 is 0 Å². The molecule has 0 aliphatic heterocycles. The minimum absolute atomic E-state index is 0.739. The maximum atomic E-state index is 5.36. The van der Waals surface area contributed by atoms with Gasteiger partial charge in [-0.3, -0.25) is 0 Å². The Bertz CT molecular complexity index is 1010. The molecule has 0 amide bonds. The molecule has 1 aromatic carbocycles. The van der Waals surface area contributed by atoms with Crippen molar-refractivity contribution in [1.29, 1.82) is 0 Å². The summed E-state index contributed by atoms with van der Waals surface area (Å²) < 4.78 is 7.34. The standard InChI is InChI=1S/C18H17N5OS2/c1-12-15(8-9-24-12)16-21-22-18(23(16)2)26-11-14-10-25-17(20-14)19-13-6-4-3-5-7-13/h3-10H,11H2,1-2H3,(H,19,20). The second kappa shape index (κ2) is 7.35. The number of nitrogens with zero attached hydrogens (tertiary/aromatic N) is 4. The summed E-state index contributed by atoms with van der Waals surface area (Å²) in [6.45, 7) is 1.92. The highest BCUT2D eigenvalue weighted by Crippen LogP contribution is 2.29. The maximum absolute atomic E-state index is 5.36. The van der Waals surface area contributed by atoms with E-state index in [-0.39, 0.29) is 0 Å². The van der Waals surface area contributed by atoms with Gasteiger partial charge in [0.2, 0.25) is 0 Å². The van der Waals surface area contributed by atoms with E-state index in [0.29, 0.717) is 0 Å². The van der Waals surface area contributed by atoms with Crippen molar-refractivity contribution in [2.24, 2.45) is 7.05 Å². The minimum atomic E-state index is 0.739. The van der Waals surface area contributed by atoms with Crippen molar-refractivity contribution < 1.29 is 4.42 Å². The molecule has 0 aliphatic rings. The van der Waals surface area contributed by atoms with Crippen LogP contribution in [0.2, 0.25) is 0 Å². The monoisotopic (exact) mass is 383 g/mol. The van der Waals surface area contributed by atoms with Crippen molar-refractivity contribution in [3.8, 4) is 11.4 Å². The van der Waals surface area contributed by atoms with Gasteiger partial charge in [0.05, 0.1) is 17.5 Å². The van der Waals surface area contributed by atoms with Crippen LogP contribution in [0.3, 0.4) is 0 Å². The summed E-state index contributed by atoms with van der Waals surface area (Å²) in [5.74, 6) is 2.39. The molecule has 4 rings (SSSR count). The predicted octanol–water partition coefficient (Wildman–Crippen LogP) is 4.88. The molecular weight excluding hydrogens is 366 g/mol. The molecule has 0 unspecified atom stereocenters. The van der Waals surface area contributed by atoms with Crippen LogP contribution in [0.5, 0.6) is 0 Å². The fourth-order valence-corrected chi connectivity index (χ4v) is 4.15. The van der Waals surface area contributed by atoms with Crippen molar-refractivity contribution in [3.05, 3.63) is 59.5 Å². The van der Waals surface area contributed by atoms with Crippen LogP contribution in [0.25, 0.3) is 11.4 Å². The molecule has 0 saturated heterocycles. The fourth-order valence-electron chi connectivity index (χ4n) is 2.51. The summed E-state index contributed by atoms with van der Waals surface area (Å²) in [6, 6.07) is 12.0. The fraction of sp³-hybridized carbons (Fsp3) is 0.167. The van der Waals surface area contributed by atoms with E-state index in [2.05, 4.69) is 25.9 Å². The number of aryl methyl sites for hydroxylation is 1. The highest BCUT2D eigenvalue weighted by Gasteiger charge is 2.15. The highest BCUT2D eigenvalue weighted by molar-refractivity contribution is 7.98. The average molecular weight is 384 g/mol. The lowest BCUT2D eigenvalue weighted by molar-refractivity contribution is 0.534. The number of hydrogen-bond donors (Lipinski definition) is 1. The van der Waals surface area contributed by atoms with E-state index in [0.717, 1.165) is 44.6 Å². The zero-order chi connectivity index (χ0) is 17.9. The Morgan fingerprint density at radius 2 is 2.04 bits per heavy atom. The van der Waals surface area contributed by atoms with Gasteiger partial charge in [-0.05, 0) is 25.1 Å². The largest absolute Gasteiger partial charge is 0.469 e. The summed E-state index contributed by atoms with van der Waals surface area (Å²) in [4.78, 5) is 4.64. The molecule has 3 heterocycles. The number of anilines is 2. The zero-order valence-electron chi connectivity index (χ0n) is 14.3. The SMILES string of the molecule is Cc1occc1-c1nnc(SCc2csc(Nc3ccccc3)n2)n1C. The number of nitrogens with one attached hydrogen (secondary N) is 1. The summed E-state index contributed by atoms with van der Waals surface area (Å²) in [5, 5.41) is 15.7. The molecule has 0 aliphatic carbocycles. The van der Waals surface area contributed by atoms with Gasteiger partial charge in [-0.2, -0.15) is 0 Å². The lowest BCUT2D eigenvalue weighted by Crippen LogP contribution is -1.95. The molecule has 0 atom stereocenters. The quantitative estimate of drug-likeness (QED) is 0.479. The molecule has 0 radical (unpaired) electrons. The molecule has 1 N–H and O–H groups in total. The number of furan rings is 1. The lowest BCUT2D eigenvalue weighted by Gasteiger charge is -2.02. The van der Waals surface area contributed by atoms with Crippen molar-refractivity contribution in [1.82, 2.24) is 19.7 Å². The zero-order valence-corrected chi connectivity index (χ0v) is 16.0. The van der Waals surface area contributed by atoms with Gasteiger partial charge in [-0.15, -0.1) is 21.5 Å². The van der Waals surface area contributed by atoms with Crippen LogP contribution in [0.4, 0.5) is 10.8 Å². The van der Waals surface area contributed by atoms with Gasteiger partial charge in [0, 0.05) is 23.9 Å². The predicted molar refractivity (Wildman–Crippen MR) is 105 cm³/mol. The van der Waals surface area contributed by atoms with Gasteiger partial charge in [0.15, 0.2) is 16.1 Å². The third kappa shape index (κ3) is 3.51. The molecule has 132 valence electrons. The number of aromatic nitrogens is 4. The van der Waals surface area contributed by atoms with Gasteiger partial charge >= 0.3 is 0 Å². The van der Waals surface area contributed by atoms with Gasteiger partial charge in [0.1, 0.15) is 5.76 Å². The highest BCUT2D eigenvalue weighted by atomic mass is 32.2. The Morgan fingerprint density at radius 1 is 1.19 bits per heavy atom. The second-order valence-corrected chi connectivity index (χ2v) is 7.48. The number of hydrogen-bond acceptors (Lipinski definition) is 7. The van der Waals surface area contributed by atoms with E-state index in [9.17, 15) is 0 Å². The normalized spacial score (nSPS) is 11.0. The molecule has 8 heteroatoms.